The van der Waals surface area contributed by atoms with Crippen molar-refractivity contribution in [2.75, 3.05) is 13.1 Å². The number of alkyl halides is 1. The molecule has 19 heavy (non-hydrogen) atoms. The van der Waals surface area contributed by atoms with E-state index >= 15 is 0 Å². The topological polar surface area (TPSA) is 75.3 Å². The van der Waals surface area contributed by atoms with Crippen molar-refractivity contribution in [1.82, 2.24) is 10.0 Å². The van der Waals surface area contributed by atoms with Gasteiger partial charge in [-0.15, -0.1) is 0 Å². The molecule has 0 bridgehead atoms. The number of hydrogen-bond donors (Lipinski definition) is 2. The van der Waals surface area contributed by atoms with E-state index in [2.05, 4.69) is 26.0 Å². The molecule has 7 heteroatoms. The highest BCUT2D eigenvalue weighted by Gasteiger charge is 2.14. The van der Waals surface area contributed by atoms with Gasteiger partial charge in [0.05, 0.1) is 11.4 Å². The largest absolute Gasteiger partial charge is 0.355 e. The smallest absolute Gasteiger partial charge is 0.241 e. The lowest BCUT2D eigenvalue weighted by molar-refractivity contribution is -0.119. The Bertz CT molecular complexity index is 514. The van der Waals surface area contributed by atoms with E-state index in [1.165, 1.54) is 12.1 Å². The molecule has 0 aliphatic heterocycles. The quantitative estimate of drug-likeness (QED) is 0.731. The minimum atomic E-state index is -3.63. The third kappa shape index (κ3) is 5.30. The molecule has 0 fully saturated rings. The van der Waals surface area contributed by atoms with Crippen LogP contribution in [-0.2, 0) is 20.1 Å². The highest BCUT2D eigenvalue weighted by Crippen LogP contribution is 2.12. The van der Waals surface area contributed by atoms with Crippen molar-refractivity contribution in [3.8, 4) is 0 Å². The molecule has 5 nitrogen and oxygen atoms in total. The Hall–Kier alpha value is -0.920. The maximum absolute atomic E-state index is 11.9. The summed E-state index contributed by atoms with van der Waals surface area (Å²) in [6.45, 7) is 2.22. The lowest BCUT2D eigenvalue weighted by Gasteiger charge is -2.07. The zero-order valence-corrected chi connectivity index (χ0v) is 13.1. The van der Waals surface area contributed by atoms with Gasteiger partial charge in [-0.05, 0) is 24.1 Å². The number of carbonyl (C=O) groups excluding carboxylic acids is 1. The van der Waals surface area contributed by atoms with Gasteiger partial charge in [-0.1, -0.05) is 35.0 Å². The number of sulfonamides is 1. The summed E-state index contributed by atoms with van der Waals surface area (Å²) in [5.41, 5.74) is 0.986. The first-order valence-electron chi connectivity index (χ1n) is 5.91. The van der Waals surface area contributed by atoms with Gasteiger partial charge in [-0.25, -0.2) is 13.1 Å². The fraction of sp³-hybridized carbons (Fsp3) is 0.417. The summed E-state index contributed by atoms with van der Waals surface area (Å²) < 4.78 is 26.1. The van der Waals surface area contributed by atoms with Gasteiger partial charge in [0.15, 0.2) is 0 Å². The summed E-state index contributed by atoms with van der Waals surface area (Å²) in [6.07, 6.45) is 0.812. The number of carbonyl (C=O) groups is 1. The van der Waals surface area contributed by atoms with Crippen molar-refractivity contribution in [1.29, 1.82) is 0 Å². The SMILES string of the molecule is CCCNC(=O)CNS(=O)(=O)c1ccc(CBr)cc1. The second-order valence-electron chi connectivity index (χ2n) is 3.95. The number of nitrogens with one attached hydrogen (secondary N) is 2. The minimum Gasteiger partial charge on any atom is -0.355 e. The van der Waals surface area contributed by atoms with Crippen molar-refractivity contribution >= 4 is 31.9 Å². The van der Waals surface area contributed by atoms with Crippen LogP contribution in [0.3, 0.4) is 0 Å². The Morgan fingerprint density at radius 3 is 2.42 bits per heavy atom. The first kappa shape index (κ1) is 16.1. The van der Waals surface area contributed by atoms with E-state index in [1.807, 2.05) is 6.92 Å². The molecule has 1 amide bonds. The fourth-order valence-corrected chi connectivity index (χ4v) is 2.68. The van der Waals surface area contributed by atoms with E-state index in [-0.39, 0.29) is 17.3 Å². The number of halogens is 1. The lowest BCUT2D eigenvalue weighted by atomic mass is 10.2. The summed E-state index contributed by atoms with van der Waals surface area (Å²) in [5, 5.41) is 3.27. The second kappa shape index (κ2) is 7.62. The molecular weight excluding hydrogens is 332 g/mol. The molecule has 1 aromatic carbocycles. The third-order valence-corrected chi connectivity index (χ3v) is 4.45. The van der Waals surface area contributed by atoms with E-state index in [0.717, 1.165) is 12.0 Å². The van der Waals surface area contributed by atoms with Crippen LogP contribution in [0, 0.1) is 0 Å². The van der Waals surface area contributed by atoms with Crippen LogP contribution in [0.15, 0.2) is 29.2 Å². The fourth-order valence-electron chi connectivity index (χ4n) is 1.33. The Labute approximate surface area is 122 Å². The molecule has 0 radical (unpaired) electrons. The molecule has 2 N–H and O–H groups in total. The van der Waals surface area contributed by atoms with E-state index in [9.17, 15) is 13.2 Å². The average molecular weight is 349 g/mol. The summed E-state index contributed by atoms with van der Waals surface area (Å²) in [6, 6.07) is 6.48. The zero-order valence-electron chi connectivity index (χ0n) is 10.6. The highest BCUT2D eigenvalue weighted by atomic mass is 79.9. The molecule has 0 aromatic heterocycles. The van der Waals surface area contributed by atoms with E-state index in [4.69, 9.17) is 0 Å². The van der Waals surface area contributed by atoms with Crippen LogP contribution < -0.4 is 10.0 Å². The molecule has 0 aliphatic rings. The van der Waals surface area contributed by atoms with Gasteiger partial charge in [-0.3, -0.25) is 4.79 Å². The average Bonchev–Trinajstić information content (AvgIpc) is 2.43. The number of amides is 1. The molecule has 0 heterocycles. The summed E-state index contributed by atoms with van der Waals surface area (Å²) in [7, 11) is -3.63. The van der Waals surface area contributed by atoms with E-state index < -0.39 is 10.0 Å². The summed E-state index contributed by atoms with van der Waals surface area (Å²) in [5.74, 6) is -0.331. The Morgan fingerprint density at radius 2 is 1.89 bits per heavy atom. The molecule has 0 atom stereocenters. The Balaban J connectivity index is 2.62. The van der Waals surface area contributed by atoms with E-state index in [1.54, 1.807) is 12.1 Å². The Kier molecular flexibility index (Phi) is 6.47. The van der Waals surface area contributed by atoms with Crippen molar-refractivity contribution in [2.45, 2.75) is 23.6 Å². The van der Waals surface area contributed by atoms with Crippen LogP contribution in [0.25, 0.3) is 0 Å². The van der Waals surface area contributed by atoms with Crippen LogP contribution in [0.2, 0.25) is 0 Å². The molecule has 0 spiro atoms. The number of benzene rings is 1. The first-order chi connectivity index (χ1) is 8.99. The van der Waals surface area contributed by atoms with Gasteiger partial charge in [0, 0.05) is 11.9 Å². The van der Waals surface area contributed by atoms with Crippen LogP contribution in [-0.4, -0.2) is 27.4 Å². The minimum absolute atomic E-state index is 0.153. The zero-order chi connectivity index (χ0) is 14.3. The third-order valence-electron chi connectivity index (χ3n) is 2.38. The van der Waals surface area contributed by atoms with Gasteiger partial charge in [0.25, 0.3) is 0 Å². The van der Waals surface area contributed by atoms with Crippen LogP contribution >= 0.6 is 15.9 Å². The Morgan fingerprint density at radius 1 is 1.26 bits per heavy atom. The maximum atomic E-state index is 11.9. The predicted octanol–water partition coefficient (Wildman–Crippen LogP) is 1.39. The molecule has 0 unspecified atom stereocenters. The van der Waals surface area contributed by atoms with Gasteiger partial charge < -0.3 is 5.32 Å². The van der Waals surface area contributed by atoms with Gasteiger partial charge >= 0.3 is 0 Å². The van der Waals surface area contributed by atoms with Crippen LogP contribution in [0.5, 0.6) is 0 Å². The van der Waals surface area contributed by atoms with Crippen molar-refractivity contribution in [3.05, 3.63) is 29.8 Å². The normalized spacial score (nSPS) is 11.3. The predicted molar refractivity (Wildman–Crippen MR) is 77.6 cm³/mol. The van der Waals surface area contributed by atoms with Crippen LogP contribution in [0.1, 0.15) is 18.9 Å². The molecule has 1 aromatic rings. The monoisotopic (exact) mass is 348 g/mol. The first-order valence-corrected chi connectivity index (χ1v) is 8.51. The standard InChI is InChI=1S/C12H17BrN2O3S/c1-2-7-14-12(16)9-15-19(17,18)11-5-3-10(8-13)4-6-11/h3-6,15H,2,7-9H2,1H3,(H,14,16). The van der Waals surface area contributed by atoms with Gasteiger partial charge in [0.1, 0.15) is 0 Å². The molecule has 0 saturated heterocycles. The van der Waals surface area contributed by atoms with Gasteiger partial charge in [-0.2, -0.15) is 0 Å². The molecule has 0 aliphatic carbocycles. The molecule has 1 rings (SSSR count). The van der Waals surface area contributed by atoms with Gasteiger partial charge in [0.2, 0.25) is 15.9 Å². The summed E-state index contributed by atoms with van der Waals surface area (Å²) in [4.78, 5) is 11.5. The van der Waals surface area contributed by atoms with Crippen molar-refractivity contribution < 1.29 is 13.2 Å². The molecule has 0 saturated carbocycles. The number of hydrogen-bond acceptors (Lipinski definition) is 3. The molecular formula is C12H17BrN2O3S. The van der Waals surface area contributed by atoms with Crippen molar-refractivity contribution in [2.24, 2.45) is 0 Å². The highest BCUT2D eigenvalue weighted by molar-refractivity contribution is 9.08. The molecule has 106 valence electrons. The number of rotatable bonds is 7. The summed E-state index contributed by atoms with van der Waals surface area (Å²) >= 11 is 3.29. The van der Waals surface area contributed by atoms with E-state index in [0.29, 0.717) is 11.9 Å². The maximum Gasteiger partial charge on any atom is 0.241 e. The lowest BCUT2D eigenvalue weighted by Crippen LogP contribution is -2.37. The van der Waals surface area contributed by atoms with Crippen molar-refractivity contribution in [3.63, 3.8) is 0 Å². The second-order valence-corrected chi connectivity index (χ2v) is 6.28. The van der Waals surface area contributed by atoms with Crippen LogP contribution in [0.4, 0.5) is 0 Å².